The van der Waals surface area contributed by atoms with E-state index in [1.54, 1.807) is 53.2 Å². The van der Waals surface area contributed by atoms with Crippen LogP contribution in [0.1, 0.15) is 6.92 Å². The van der Waals surface area contributed by atoms with Crippen LogP contribution in [0.5, 0.6) is 11.5 Å². The summed E-state index contributed by atoms with van der Waals surface area (Å²) in [6.07, 6.45) is -2.29. The molecule has 182 valence electrons. The zero-order valence-corrected chi connectivity index (χ0v) is 19.3. The number of aromatic nitrogens is 1. The molecule has 0 bridgehead atoms. The third-order valence-corrected chi connectivity index (χ3v) is 5.52. The Kier molecular flexibility index (Phi) is 6.20. The second-order valence-corrected chi connectivity index (χ2v) is 9.34. The molecular weight excluding hydrogens is 485 g/mol. The number of rotatable bonds is 6. The van der Waals surface area contributed by atoms with Crippen LogP contribution in [0.15, 0.2) is 72.9 Å². The van der Waals surface area contributed by atoms with Gasteiger partial charge in [-0.15, -0.1) is 13.2 Å². The number of sulfonamides is 1. The molecule has 0 aliphatic rings. The van der Waals surface area contributed by atoms with Crippen molar-refractivity contribution in [2.75, 3.05) is 11.0 Å². The van der Waals surface area contributed by atoms with Crippen LogP contribution in [-0.2, 0) is 14.8 Å². The highest BCUT2D eigenvalue weighted by molar-refractivity contribution is 7.92. The molecule has 1 aromatic heterocycles. The van der Waals surface area contributed by atoms with Gasteiger partial charge in [-0.2, -0.15) is 0 Å². The number of nitrogens with one attached hydrogen (secondary N) is 1. The Hall–Kier alpha value is -3.99. The van der Waals surface area contributed by atoms with Gasteiger partial charge >= 0.3 is 12.3 Å². The minimum atomic E-state index is -4.92. The minimum absolute atomic E-state index is 0.0933. The normalized spacial score (nSPS) is 11.9. The van der Waals surface area contributed by atoms with E-state index in [1.807, 2.05) is 0 Å². The van der Waals surface area contributed by atoms with Crippen LogP contribution in [-0.4, -0.2) is 31.6 Å². The molecule has 1 heterocycles. The number of ether oxygens (including phenoxy) is 2. The smallest absolute Gasteiger partial charge is 0.424 e. The SMILES string of the molecule is CC(=O)Oc1cccc(-c2ccccc2OC(F)(F)F)c1-n1ccc2c(NS(C)(=O)=O)cccc21. The van der Waals surface area contributed by atoms with Crippen LogP contribution >= 0.6 is 0 Å². The number of carbonyl (C=O) groups excluding carboxylic acids is 1. The van der Waals surface area contributed by atoms with Crippen molar-refractivity contribution >= 4 is 32.6 Å². The molecular formula is C24H19F3N2O5S. The average molecular weight is 504 g/mol. The largest absolute Gasteiger partial charge is 0.573 e. The molecule has 4 rings (SSSR count). The van der Waals surface area contributed by atoms with Gasteiger partial charge in [0.1, 0.15) is 5.75 Å². The van der Waals surface area contributed by atoms with Gasteiger partial charge in [0.05, 0.1) is 23.1 Å². The van der Waals surface area contributed by atoms with Gasteiger partial charge in [0, 0.05) is 29.6 Å². The number of halogens is 3. The van der Waals surface area contributed by atoms with Crippen LogP contribution in [0, 0.1) is 0 Å². The van der Waals surface area contributed by atoms with Crippen molar-refractivity contribution in [1.82, 2.24) is 4.57 Å². The Morgan fingerprint density at radius 2 is 1.57 bits per heavy atom. The number of anilines is 1. The van der Waals surface area contributed by atoms with Gasteiger partial charge in [-0.25, -0.2) is 8.42 Å². The zero-order chi connectivity index (χ0) is 25.4. The fraction of sp³-hybridized carbons (Fsp3) is 0.125. The molecule has 1 N–H and O–H groups in total. The lowest BCUT2D eigenvalue weighted by atomic mass is 10.0. The zero-order valence-electron chi connectivity index (χ0n) is 18.5. The van der Waals surface area contributed by atoms with Gasteiger partial charge in [-0.1, -0.05) is 36.4 Å². The Bertz CT molecular complexity index is 1530. The quantitative estimate of drug-likeness (QED) is 0.277. The lowest BCUT2D eigenvalue weighted by Crippen LogP contribution is -2.17. The van der Waals surface area contributed by atoms with Gasteiger partial charge in [0.2, 0.25) is 10.0 Å². The number of carbonyl (C=O) groups is 1. The van der Waals surface area contributed by atoms with Crippen molar-refractivity contribution in [3.8, 4) is 28.3 Å². The van der Waals surface area contributed by atoms with Crippen molar-refractivity contribution in [1.29, 1.82) is 0 Å². The molecule has 0 spiro atoms. The maximum atomic E-state index is 13.1. The summed E-state index contributed by atoms with van der Waals surface area (Å²) in [5.74, 6) is -0.966. The molecule has 0 aliphatic carbocycles. The first-order valence-corrected chi connectivity index (χ1v) is 12.1. The van der Waals surface area contributed by atoms with Gasteiger partial charge in [-0.05, 0) is 30.3 Å². The van der Waals surface area contributed by atoms with Crippen molar-refractivity contribution in [3.05, 3.63) is 72.9 Å². The maximum absolute atomic E-state index is 13.1. The standard InChI is InChI=1S/C24H19F3N2O5S/c1-15(30)33-22-12-5-8-17(16-7-3-4-11-21(16)34-24(25,26)27)23(22)29-14-13-18-19(28-35(2,31)32)9-6-10-20(18)29/h3-14,28H,1-2H3. The van der Waals surface area contributed by atoms with E-state index >= 15 is 0 Å². The average Bonchev–Trinajstić information content (AvgIpc) is 3.16. The molecule has 0 fully saturated rings. The molecule has 3 aromatic carbocycles. The van der Waals surface area contributed by atoms with E-state index in [0.717, 1.165) is 6.26 Å². The second kappa shape index (κ2) is 8.99. The second-order valence-electron chi connectivity index (χ2n) is 7.59. The molecule has 0 saturated heterocycles. The van der Waals surface area contributed by atoms with Crippen molar-refractivity contribution in [2.45, 2.75) is 13.3 Å². The fourth-order valence-electron chi connectivity index (χ4n) is 3.78. The van der Waals surface area contributed by atoms with E-state index in [4.69, 9.17) is 4.74 Å². The molecule has 4 aromatic rings. The molecule has 0 saturated carbocycles. The number of fused-ring (bicyclic) bond motifs is 1. The Morgan fingerprint density at radius 3 is 2.26 bits per heavy atom. The van der Waals surface area contributed by atoms with E-state index in [1.165, 1.54) is 31.2 Å². The molecule has 11 heteroatoms. The number of nitrogens with zero attached hydrogens (tertiary/aromatic N) is 1. The molecule has 0 unspecified atom stereocenters. The summed E-state index contributed by atoms with van der Waals surface area (Å²) in [4.78, 5) is 11.8. The monoisotopic (exact) mass is 504 g/mol. The van der Waals surface area contributed by atoms with E-state index in [2.05, 4.69) is 9.46 Å². The highest BCUT2D eigenvalue weighted by atomic mass is 32.2. The molecule has 0 atom stereocenters. The lowest BCUT2D eigenvalue weighted by Gasteiger charge is -2.19. The van der Waals surface area contributed by atoms with E-state index < -0.39 is 28.1 Å². The van der Waals surface area contributed by atoms with Crippen molar-refractivity contribution in [3.63, 3.8) is 0 Å². The maximum Gasteiger partial charge on any atom is 0.573 e. The summed E-state index contributed by atoms with van der Waals surface area (Å²) in [5.41, 5.74) is 1.51. The highest BCUT2D eigenvalue weighted by Crippen LogP contribution is 2.42. The topological polar surface area (TPSA) is 86.6 Å². The third kappa shape index (κ3) is 5.40. The summed E-state index contributed by atoms with van der Waals surface area (Å²) >= 11 is 0. The third-order valence-electron chi connectivity index (χ3n) is 4.92. The Balaban J connectivity index is 2.00. The number of hydrogen-bond donors (Lipinski definition) is 1. The number of esters is 1. The summed E-state index contributed by atoms with van der Waals surface area (Å²) < 4.78 is 76.6. The van der Waals surface area contributed by atoms with Gasteiger partial charge < -0.3 is 14.0 Å². The molecule has 0 radical (unpaired) electrons. The molecule has 7 nitrogen and oxygen atoms in total. The lowest BCUT2D eigenvalue weighted by molar-refractivity contribution is -0.274. The van der Waals surface area contributed by atoms with Gasteiger partial charge in [0.25, 0.3) is 0 Å². The van der Waals surface area contributed by atoms with E-state index in [0.29, 0.717) is 22.2 Å². The van der Waals surface area contributed by atoms with Crippen LogP contribution in [0.4, 0.5) is 18.9 Å². The van der Waals surface area contributed by atoms with Crippen molar-refractivity contribution < 1.29 is 35.9 Å². The first-order chi connectivity index (χ1) is 16.4. The Morgan fingerprint density at radius 1 is 0.914 bits per heavy atom. The predicted octanol–water partition coefficient (Wildman–Crippen LogP) is 5.49. The summed E-state index contributed by atoms with van der Waals surface area (Å²) in [6, 6.07) is 16.8. The first kappa shape index (κ1) is 24.1. The van der Waals surface area contributed by atoms with Crippen LogP contribution in [0.25, 0.3) is 27.7 Å². The van der Waals surface area contributed by atoms with Gasteiger partial charge in [-0.3, -0.25) is 9.52 Å². The number of benzene rings is 3. The van der Waals surface area contributed by atoms with E-state index in [9.17, 15) is 26.4 Å². The summed E-state index contributed by atoms with van der Waals surface area (Å²) in [7, 11) is -3.57. The summed E-state index contributed by atoms with van der Waals surface area (Å²) in [5, 5.41) is 0.529. The highest BCUT2D eigenvalue weighted by Gasteiger charge is 2.32. The van der Waals surface area contributed by atoms with Crippen molar-refractivity contribution in [2.24, 2.45) is 0 Å². The van der Waals surface area contributed by atoms with Crippen LogP contribution in [0.3, 0.4) is 0 Å². The number of hydrogen-bond acceptors (Lipinski definition) is 5. The molecule has 35 heavy (non-hydrogen) atoms. The van der Waals surface area contributed by atoms with Crippen LogP contribution in [0.2, 0.25) is 0 Å². The number of para-hydroxylation sites is 2. The fourth-order valence-corrected chi connectivity index (χ4v) is 4.36. The minimum Gasteiger partial charge on any atom is -0.424 e. The first-order valence-electron chi connectivity index (χ1n) is 10.2. The molecule has 0 amide bonds. The van der Waals surface area contributed by atoms with Crippen LogP contribution < -0.4 is 14.2 Å². The Labute approximate surface area is 198 Å². The van der Waals surface area contributed by atoms with Gasteiger partial charge in [0.15, 0.2) is 5.75 Å². The number of alkyl halides is 3. The molecule has 0 aliphatic heterocycles. The summed E-state index contributed by atoms with van der Waals surface area (Å²) in [6.45, 7) is 1.21. The predicted molar refractivity (Wildman–Crippen MR) is 125 cm³/mol. The van der Waals surface area contributed by atoms with E-state index in [-0.39, 0.29) is 17.0 Å².